The maximum absolute atomic E-state index is 13.2. The molecule has 1 aromatic carbocycles. The SMILES string of the molecule is Cc1cc(NCC(C)(C)S(C)(=O)=O)c(N)cc1F. The van der Waals surface area contributed by atoms with Crippen LogP contribution in [0.4, 0.5) is 15.8 Å². The van der Waals surface area contributed by atoms with Crippen molar-refractivity contribution in [3.8, 4) is 0 Å². The van der Waals surface area contributed by atoms with E-state index in [0.717, 1.165) is 0 Å². The number of rotatable bonds is 4. The molecule has 4 nitrogen and oxygen atoms in total. The second-order valence-corrected chi connectivity index (χ2v) is 7.72. The highest BCUT2D eigenvalue weighted by molar-refractivity contribution is 7.92. The van der Waals surface area contributed by atoms with Crippen molar-refractivity contribution in [3.63, 3.8) is 0 Å². The molecule has 0 saturated heterocycles. The molecule has 0 heterocycles. The van der Waals surface area contributed by atoms with E-state index < -0.39 is 14.6 Å². The number of benzene rings is 1. The van der Waals surface area contributed by atoms with E-state index in [4.69, 9.17) is 5.73 Å². The minimum absolute atomic E-state index is 0.209. The van der Waals surface area contributed by atoms with Crippen LogP contribution in [0, 0.1) is 12.7 Å². The first-order valence-electron chi connectivity index (χ1n) is 5.54. The Kier molecular flexibility index (Phi) is 3.90. The largest absolute Gasteiger partial charge is 0.397 e. The van der Waals surface area contributed by atoms with Gasteiger partial charge >= 0.3 is 0 Å². The van der Waals surface area contributed by atoms with Crippen LogP contribution in [0.1, 0.15) is 19.4 Å². The normalized spacial score (nSPS) is 12.5. The quantitative estimate of drug-likeness (QED) is 0.823. The fourth-order valence-corrected chi connectivity index (χ4v) is 1.62. The Morgan fingerprint density at radius 3 is 2.44 bits per heavy atom. The van der Waals surface area contributed by atoms with E-state index in [0.29, 0.717) is 11.3 Å². The summed E-state index contributed by atoms with van der Waals surface area (Å²) in [4.78, 5) is 0. The summed E-state index contributed by atoms with van der Waals surface area (Å²) in [5.41, 5.74) is 6.95. The number of halogens is 1. The number of sulfone groups is 1. The lowest BCUT2D eigenvalue weighted by molar-refractivity contribution is 0.560. The summed E-state index contributed by atoms with van der Waals surface area (Å²) in [5, 5.41) is 2.96. The van der Waals surface area contributed by atoms with Crippen LogP contribution in [0.5, 0.6) is 0 Å². The number of nitrogens with one attached hydrogen (secondary N) is 1. The van der Waals surface area contributed by atoms with E-state index >= 15 is 0 Å². The molecule has 0 saturated carbocycles. The first-order chi connectivity index (χ1) is 8.04. The highest BCUT2D eigenvalue weighted by Gasteiger charge is 2.30. The number of aryl methyl sites for hydroxylation is 1. The Balaban J connectivity index is 2.91. The van der Waals surface area contributed by atoms with E-state index in [1.165, 1.54) is 12.3 Å². The van der Waals surface area contributed by atoms with Gasteiger partial charge in [-0.3, -0.25) is 0 Å². The van der Waals surface area contributed by atoms with E-state index in [2.05, 4.69) is 5.32 Å². The number of nitrogen functional groups attached to an aromatic ring is 1. The lowest BCUT2D eigenvalue weighted by Crippen LogP contribution is -2.38. The molecule has 0 bridgehead atoms. The molecule has 0 fully saturated rings. The highest BCUT2D eigenvalue weighted by atomic mass is 32.2. The lowest BCUT2D eigenvalue weighted by Gasteiger charge is -2.24. The minimum Gasteiger partial charge on any atom is -0.397 e. The lowest BCUT2D eigenvalue weighted by atomic mass is 10.1. The highest BCUT2D eigenvalue weighted by Crippen LogP contribution is 2.24. The van der Waals surface area contributed by atoms with E-state index in [1.807, 2.05) is 0 Å². The predicted molar refractivity (Wildman–Crippen MR) is 73.0 cm³/mol. The summed E-state index contributed by atoms with van der Waals surface area (Å²) < 4.78 is 35.4. The van der Waals surface area contributed by atoms with Gasteiger partial charge in [0.2, 0.25) is 0 Å². The Morgan fingerprint density at radius 1 is 1.39 bits per heavy atom. The van der Waals surface area contributed by atoms with Crippen molar-refractivity contribution in [2.75, 3.05) is 23.9 Å². The predicted octanol–water partition coefficient (Wildman–Crippen LogP) is 1.95. The molecule has 0 radical (unpaired) electrons. The number of nitrogens with two attached hydrogens (primary N) is 1. The molecule has 102 valence electrons. The van der Waals surface area contributed by atoms with Gasteiger partial charge in [-0.2, -0.15) is 0 Å². The second kappa shape index (κ2) is 4.76. The van der Waals surface area contributed by atoms with Crippen LogP contribution in [0.2, 0.25) is 0 Å². The molecule has 0 aromatic heterocycles. The van der Waals surface area contributed by atoms with Crippen LogP contribution in [0.3, 0.4) is 0 Å². The summed E-state index contributed by atoms with van der Waals surface area (Å²) >= 11 is 0. The molecule has 0 aliphatic carbocycles. The molecule has 0 amide bonds. The zero-order valence-electron chi connectivity index (χ0n) is 11.0. The van der Waals surface area contributed by atoms with Crippen molar-refractivity contribution < 1.29 is 12.8 Å². The zero-order chi connectivity index (χ0) is 14.1. The van der Waals surface area contributed by atoms with Crippen molar-refractivity contribution in [3.05, 3.63) is 23.5 Å². The van der Waals surface area contributed by atoms with Crippen LogP contribution in [-0.2, 0) is 9.84 Å². The third kappa shape index (κ3) is 3.13. The van der Waals surface area contributed by atoms with Crippen LogP contribution < -0.4 is 11.1 Å². The van der Waals surface area contributed by atoms with Gasteiger partial charge in [0.15, 0.2) is 9.84 Å². The molecule has 18 heavy (non-hydrogen) atoms. The third-order valence-corrected chi connectivity index (χ3v) is 5.19. The molecule has 0 spiro atoms. The Morgan fingerprint density at radius 2 is 1.94 bits per heavy atom. The molecule has 3 N–H and O–H groups in total. The molecule has 1 aromatic rings. The van der Waals surface area contributed by atoms with Crippen molar-refractivity contribution in [2.45, 2.75) is 25.5 Å². The summed E-state index contributed by atoms with van der Waals surface area (Å²) in [5.74, 6) is -0.375. The van der Waals surface area contributed by atoms with Crippen molar-refractivity contribution in [2.24, 2.45) is 0 Å². The van der Waals surface area contributed by atoms with E-state index in [-0.39, 0.29) is 18.0 Å². The van der Waals surface area contributed by atoms with Gasteiger partial charge in [-0.1, -0.05) is 0 Å². The third-order valence-electron chi connectivity index (χ3n) is 3.04. The Labute approximate surface area is 107 Å². The van der Waals surface area contributed by atoms with Gasteiger partial charge in [0, 0.05) is 12.8 Å². The van der Waals surface area contributed by atoms with Crippen LogP contribution >= 0.6 is 0 Å². The van der Waals surface area contributed by atoms with Gasteiger partial charge in [0.05, 0.1) is 16.1 Å². The summed E-state index contributed by atoms with van der Waals surface area (Å²) in [6.07, 6.45) is 1.19. The number of anilines is 2. The maximum atomic E-state index is 13.2. The van der Waals surface area contributed by atoms with Crippen molar-refractivity contribution >= 4 is 21.2 Å². The van der Waals surface area contributed by atoms with Crippen LogP contribution in [0.25, 0.3) is 0 Å². The molecular weight excluding hydrogens is 255 g/mol. The topological polar surface area (TPSA) is 72.2 Å². The van der Waals surface area contributed by atoms with Crippen LogP contribution in [-0.4, -0.2) is 26.0 Å². The number of hydrogen-bond donors (Lipinski definition) is 2. The van der Waals surface area contributed by atoms with Gasteiger partial charge in [0.25, 0.3) is 0 Å². The van der Waals surface area contributed by atoms with Gasteiger partial charge in [-0.15, -0.1) is 0 Å². The van der Waals surface area contributed by atoms with E-state index in [9.17, 15) is 12.8 Å². The average molecular weight is 274 g/mol. The fourth-order valence-electron chi connectivity index (χ4n) is 1.29. The summed E-state index contributed by atoms with van der Waals surface area (Å²) in [7, 11) is -3.18. The van der Waals surface area contributed by atoms with Crippen molar-refractivity contribution in [1.82, 2.24) is 0 Å². The minimum atomic E-state index is -3.18. The van der Waals surface area contributed by atoms with Crippen LogP contribution in [0.15, 0.2) is 12.1 Å². The monoisotopic (exact) mass is 274 g/mol. The second-order valence-electron chi connectivity index (χ2n) is 5.07. The Bertz CT molecular complexity index is 553. The smallest absolute Gasteiger partial charge is 0.154 e. The summed E-state index contributed by atoms with van der Waals surface area (Å²) in [6, 6.07) is 2.80. The molecule has 1 rings (SSSR count). The molecular formula is C12H19FN2O2S. The average Bonchev–Trinajstić information content (AvgIpc) is 2.20. The fraction of sp³-hybridized carbons (Fsp3) is 0.500. The first-order valence-corrected chi connectivity index (χ1v) is 7.43. The van der Waals surface area contributed by atoms with Gasteiger partial charge in [-0.25, -0.2) is 12.8 Å². The van der Waals surface area contributed by atoms with Crippen molar-refractivity contribution in [1.29, 1.82) is 0 Å². The number of hydrogen-bond acceptors (Lipinski definition) is 4. The van der Waals surface area contributed by atoms with Gasteiger partial charge < -0.3 is 11.1 Å². The Hall–Kier alpha value is -1.30. The molecule has 0 atom stereocenters. The first kappa shape index (κ1) is 14.8. The van der Waals surface area contributed by atoms with E-state index in [1.54, 1.807) is 26.8 Å². The molecule has 0 aliphatic heterocycles. The van der Waals surface area contributed by atoms with Gasteiger partial charge in [0.1, 0.15) is 5.82 Å². The summed E-state index contributed by atoms with van der Waals surface area (Å²) in [6.45, 7) is 5.09. The molecule has 0 unspecified atom stereocenters. The van der Waals surface area contributed by atoms with Gasteiger partial charge in [-0.05, 0) is 38.5 Å². The molecule has 6 heteroatoms. The maximum Gasteiger partial charge on any atom is 0.154 e. The zero-order valence-corrected chi connectivity index (χ0v) is 11.9. The standard InChI is InChI=1S/C12H19FN2O2S/c1-8-5-11(10(14)6-9(8)13)15-7-12(2,3)18(4,16)17/h5-6,15H,7,14H2,1-4H3. The molecule has 0 aliphatic rings.